The number of rotatable bonds is 5. The van der Waals surface area contributed by atoms with Gasteiger partial charge in [-0.2, -0.15) is 9.78 Å². The van der Waals surface area contributed by atoms with Crippen molar-refractivity contribution in [2.24, 2.45) is 5.10 Å². The molecule has 0 unspecified atom stereocenters. The number of fused-ring (bicyclic) bond motifs is 2. The molecule has 6 aromatic rings. The molecule has 0 amide bonds. The number of carboxylic acid groups (broad SMARTS) is 1. The molecule has 0 saturated carbocycles. The van der Waals surface area contributed by atoms with E-state index < -0.39 is 5.97 Å². The highest BCUT2D eigenvalue weighted by Crippen LogP contribution is 2.29. The molecular formula is C28H16BrN3O5. The highest BCUT2D eigenvalue weighted by molar-refractivity contribution is 9.10. The molecule has 37 heavy (non-hydrogen) atoms. The maximum Gasteiger partial charge on any atom is 0.336 e. The third-order valence-electron chi connectivity index (χ3n) is 5.80. The molecule has 0 spiro atoms. The molecule has 9 heteroatoms. The van der Waals surface area contributed by atoms with E-state index in [4.69, 9.17) is 8.83 Å². The van der Waals surface area contributed by atoms with Gasteiger partial charge in [0.2, 0.25) is 5.82 Å². The summed E-state index contributed by atoms with van der Waals surface area (Å²) >= 11 is 3.46. The van der Waals surface area contributed by atoms with E-state index in [1.807, 2.05) is 18.2 Å². The topological polar surface area (TPSA) is 111 Å². The van der Waals surface area contributed by atoms with Gasteiger partial charge >= 0.3 is 5.97 Å². The van der Waals surface area contributed by atoms with Crippen molar-refractivity contribution in [1.82, 2.24) is 9.66 Å². The first-order valence-electron chi connectivity index (χ1n) is 11.2. The van der Waals surface area contributed by atoms with E-state index in [0.29, 0.717) is 39.3 Å². The van der Waals surface area contributed by atoms with Crippen molar-refractivity contribution in [3.8, 4) is 22.9 Å². The predicted octanol–water partition coefficient (Wildman–Crippen LogP) is 6.41. The van der Waals surface area contributed by atoms with E-state index in [2.05, 4.69) is 26.0 Å². The maximum absolute atomic E-state index is 13.4. The van der Waals surface area contributed by atoms with Crippen LogP contribution in [0.3, 0.4) is 0 Å². The van der Waals surface area contributed by atoms with Crippen molar-refractivity contribution in [2.75, 3.05) is 0 Å². The average molecular weight is 554 g/mol. The fourth-order valence-corrected chi connectivity index (χ4v) is 4.46. The minimum absolute atomic E-state index is 0.120. The van der Waals surface area contributed by atoms with Crippen LogP contribution in [0.1, 0.15) is 16.1 Å². The van der Waals surface area contributed by atoms with Crippen molar-refractivity contribution < 1.29 is 18.7 Å². The average Bonchev–Trinajstić information content (AvgIpc) is 3.55. The van der Waals surface area contributed by atoms with Crippen molar-refractivity contribution in [1.29, 1.82) is 0 Å². The number of benzene rings is 3. The van der Waals surface area contributed by atoms with Crippen LogP contribution in [-0.4, -0.2) is 27.0 Å². The number of carbonyl (C=O) groups is 1. The number of halogens is 1. The van der Waals surface area contributed by atoms with Crippen LogP contribution in [0, 0.1) is 0 Å². The lowest BCUT2D eigenvalue weighted by molar-refractivity contribution is 0.0697. The van der Waals surface area contributed by atoms with Gasteiger partial charge in [0.1, 0.15) is 17.1 Å². The Kier molecular flexibility index (Phi) is 5.54. The summed E-state index contributed by atoms with van der Waals surface area (Å²) in [4.78, 5) is 29.7. The zero-order valence-corrected chi connectivity index (χ0v) is 20.5. The number of aromatic carboxylic acids is 1. The molecule has 0 atom stereocenters. The van der Waals surface area contributed by atoms with Crippen molar-refractivity contribution in [3.05, 3.63) is 111 Å². The van der Waals surface area contributed by atoms with E-state index in [0.717, 1.165) is 9.86 Å². The minimum atomic E-state index is -1.06. The molecule has 180 valence electrons. The summed E-state index contributed by atoms with van der Waals surface area (Å²) < 4.78 is 13.9. The molecule has 0 bridgehead atoms. The molecule has 0 radical (unpaired) electrons. The number of furan rings is 2. The summed E-state index contributed by atoms with van der Waals surface area (Å²) in [5.74, 6) is 0.249. The van der Waals surface area contributed by atoms with Gasteiger partial charge in [-0.25, -0.2) is 9.78 Å². The second-order valence-corrected chi connectivity index (χ2v) is 9.08. The Bertz CT molecular complexity index is 1910. The maximum atomic E-state index is 13.4. The van der Waals surface area contributed by atoms with Gasteiger partial charge < -0.3 is 13.9 Å². The fourth-order valence-electron chi connectivity index (χ4n) is 4.08. The molecule has 0 aliphatic carbocycles. The second-order valence-electron chi connectivity index (χ2n) is 8.16. The summed E-state index contributed by atoms with van der Waals surface area (Å²) in [6, 6.07) is 24.3. The molecule has 3 aromatic carbocycles. The zero-order valence-electron chi connectivity index (χ0n) is 19.0. The molecule has 0 aliphatic rings. The lowest BCUT2D eigenvalue weighted by atomic mass is 10.1. The van der Waals surface area contributed by atoms with E-state index in [1.54, 1.807) is 60.7 Å². The first-order chi connectivity index (χ1) is 18.0. The predicted molar refractivity (Wildman–Crippen MR) is 143 cm³/mol. The molecule has 0 saturated heterocycles. The van der Waals surface area contributed by atoms with Crippen LogP contribution in [-0.2, 0) is 0 Å². The molecule has 0 fully saturated rings. The summed E-state index contributed by atoms with van der Waals surface area (Å²) in [6.45, 7) is 0. The third-order valence-corrected chi connectivity index (χ3v) is 6.30. The molecule has 3 heterocycles. The normalized spacial score (nSPS) is 11.6. The number of carboxylic acids is 1. The lowest BCUT2D eigenvalue weighted by Crippen LogP contribution is -2.20. The summed E-state index contributed by atoms with van der Waals surface area (Å²) in [5.41, 5.74) is 1.34. The Hall–Kier alpha value is -4.76. The van der Waals surface area contributed by atoms with E-state index in [9.17, 15) is 14.7 Å². The SMILES string of the molecule is O=C(O)c1ccccc1-c1ccc(C=Nn2c(-c3cc4cc(Br)ccc4o3)nc3ccccc3c2=O)o1. The number of aromatic nitrogens is 2. The Balaban J connectivity index is 1.47. The third kappa shape index (κ3) is 4.15. The zero-order chi connectivity index (χ0) is 25.5. The first-order valence-corrected chi connectivity index (χ1v) is 12.0. The van der Waals surface area contributed by atoms with E-state index in [1.165, 1.54) is 17.0 Å². The van der Waals surface area contributed by atoms with Crippen LogP contribution in [0.25, 0.3) is 44.8 Å². The minimum Gasteiger partial charge on any atom is -0.478 e. The Labute approximate surface area is 217 Å². The van der Waals surface area contributed by atoms with Gasteiger partial charge in [0, 0.05) is 15.4 Å². The summed E-state index contributed by atoms with van der Waals surface area (Å²) in [5, 5.41) is 15.1. The van der Waals surface area contributed by atoms with Gasteiger partial charge in [0.25, 0.3) is 5.56 Å². The number of hydrogen-bond donors (Lipinski definition) is 1. The molecule has 8 nitrogen and oxygen atoms in total. The molecular weight excluding hydrogens is 538 g/mol. The number of hydrogen-bond acceptors (Lipinski definition) is 6. The fraction of sp³-hybridized carbons (Fsp3) is 0. The number of para-hydroxylation sites is 1. The molecule has 3 aromatic heterocycles. The van der Waals surface area contributed by atoms with Crippen molar-refractivity contribution >= 4 is 50.0 Å². The van der Waals surface area contributed by atoms with E-state index in [-0.39, 0.29) is 16.9 Å². The monoisotopic (exact) mass is 553 g/mol. The van der Waals surface area contributed by atoms with Gasteiger partial charge in [0.15, 0.2) is 5.76 Å². The van der Waals surface area contributed by atoms with Crippen LogP contribution in [0.15, 0.2) is 108 Å². The quantitative estimate of drug-likeness (QED) is 0.247. The van der Waals surface area contributed by atoms with Crippen LogP contribution >= 0.6 is 15.9 Å². The van der Waals surface area contributed by atoms with Gasteiger partial charge in [-0.05, 0) is 54.6 Å². The van der Waals surface area contributed by atoms with Gasteiger partial charge in [-0.1, -0.05) is 46.3 Å². The smallest absolute Gasteiger partial charge is 0.336 e. The summed E-state index contributed by atoms with van der Waals surface area (Å²) in [7, 11) is 0. The van der Waals surface area contributed by atoms with Crippen molar-refractivity contribution in [3.63, 3.8) is 0 Å². The Morgan fingerprint density at radius 2 is 1.76 bits per heavy atom. The second kappa shape index (κ2) is 9.03. The van der Waals surface area contributed by atoms with Crippen LogP contribution < -0.4 is 5.56 Å². The van der Waals surface area contributed by atoms with Gasteiger partial charge in [-0.3, -0.25) is 4.79 Å². The van der Waals surface area contributed by atoms with Crippen molar-refractivity contribution in [2.45, 2.75) is 0 Å². The van der Waals surface area contributed by atoms with Gasteiger partial charge in [-0.15, -0.1) is 0 Å². The Morgan fingerprint density at radius 3 is 2.62 bits per heavy atom. The van der Waals surface area contributed by atoms with Gasteiger partial charge in [0.05, 0.1) is 22.7 Å². The first kappa shape index (κ1) is 22.7. The number of nitrogens with zero attached hydrogens (tertiary/aromatic N) is 3. The molecule has 1 N–H and O–H groups in total. The highest BCUT2D eigenvalue weighted by atomic mass is 79.9. The van der Waals surface area contributed by atoms with Crippen LogP contribution in [0.5, 0.6) is 0 Å². The van der Waals surface area contributed by atoms with Crippen LogP contribution in [0.4, 0.5) is 0 Å². The lowest BCUT2D eigenvalue weighted by Gasteiger charge is -2.06. The van der Waals surface area contributed by atoms with Crippen LogP contribution in [0.2, 0.25) is 0 Å². The largest absolute Gasteiger partial charge is 0.478 e. The van der Waals surface area contributed by atoms with E-state index >= 15 is 0 Å². The Morgan fingerprint density at radius 1 is 0.946 bits per heavy atom. The summed E-state index contributed by atoms with van der Waals surface area (Å²) in [6.07, 6.45) is 1.38. The molecule has 0 aliphatic heterocycles. The standard InChI is InChI=1S/C28H16BrN3O5/c29-17-9-11-23-16(13-17)14-25(37-23)26-31-22-8-4-3-7-21(22)27(33)32(26)30-15-18-10-12-24(36-18)19-5-1-2-6-20(19)28(34)35/h1-15H,(H,34,35). The molecule has 6 rings (SSSR count). The highest BCUT2D eigenvalue weighted by Gasteiger charge is 2.17.